The molecule has 1 aliphatic heterocycles. The van der Waals surface area contributed by atoms with Gasteiger partial charge < -0.3 is 5.32 Å². The summed E-state index contributed by atoms with van der Waals surface area (Å²) in [6, 6.07) is 1.38. The lowest BCUT2D eigenvalue weighted by Gasteiger charge is -2.23. The SMILES string of the molecule is CN1C(=O)C(NC(=O)c2ncn(CC3=CCCC=C3)n2)CCn2nc(C3CCC3)cc21. The van der Waals surface area contributed by atoms with Gasteiger partial charge in [-0.25, -0.2) is 14.3 Å². The zero-order valence-electron chi connectivity index (χ0n) is 17.7. The van der Waals surface area contributed by atoms with Gasteiger partial charge in [0.05, 0.1) is 12.2 Å². The van der Waals surface area contributed by atoms with Gasteiger partial charge >= 0.3 is 0 Å². The van der Waals surface area contributed by atoms with E-state index >= 15 is 0 Å². The number of hydrogen-bond donors (Lipinski definition) is 1. The van der Waals surface area contributed by atoms with Crippen LogP contribution in [0.2, 0.25) is 0 Å². The molecule has 5 rings (SSSR count). The lowest BCUT2D eigenvalue weighted by atomic mass is 9.83. The standard InChI is InChI=1S/C22H27N7O2/c1-27-19-12-18(16-8-5-9-16)25-29(19)11-10-17(22(27)31)24-21(30)20-23-14-28(26-20)13-15-6-3-2-4-7-15/h3,6-7,12,14,16-17H,2,4-5,8-11,13H2,1H3,(H,24,30). The number of likely N-dealkylation sites (N-methyl/N-ethyl adjacent to an activating group) is 1. The van der Waals surface area contributed by atoms with Crippen LogP contribution in [0.1, 0.15) is 60.8 Å². The first-order chi connectivity index (χ1) is 15.1. The monoisotopic (exact) mass is 421 g/mol. The molecular weight excluding hydrogens is 394 g/mol. The van der Waals surface area contributed by atoms with Gasteiger partial charge in [-0.3, -0.25) is 14.5 Å². The summed E-state index contributed by atoms with van der Waals surface area (Å²) >= 11 is 0. The topological polar surface area (TPSA) is 97.9 Å². The van der Waals surface area contributed by atoms with E-state index in [1.165, 1.54) is 19.3 Å². The van der Waals surface area contributed by atoms with Crippen LogP contribution in [0, 0.1) is 0 Å². The van der Waals surface area contributed by atoms with Gasteiger partial charge in [0.1, 0.15) is 18.2 Å². The summed E-state index contributed by atoms with van der Waals surface area (Å²) < 4.78 is 3.53. The number of carbonyl (C=O) groups is 2. The second kappa shape index (κ2) is 8.13. The Labute approximate surface area is 180 Å². The Kier molecular flexibility index (Phi) is 5.17. The summed E-state index contributed by atoms with van der Waals surface area (Å²) in [4.78, 5) is 31.5. The van der Waals surface area contributed by atoms with E-state index in [4.69, 9.17) is 5.10 Å². The third-order valence-corrected chi connectivity index (χ3v) is 6.36. The molecule has 0 saturated heterocycles. The van der Waals surface area contributed by atoms with E-state index in [0.29, 0.717) is 25.4 Å². The third kappa shape index (κ3) is 3.92. The number of hydrogen-bond acceptors (Lipinski definition) is 5. The smallest absolute Gasteiger partial charge is 0.291 e. The highest BCUT2D eigenvalue weighted by Crippen LogP contribution is 2.37. The van der Waals surface area contributed by atoms with Crippen LogP contribution in [0.3, 0.4) is 0 Å². The summed E-state index contributed by atoms with van der Waals surface area (Å²) in [6.45, 7) is 1.15. The van der Waals surface area contributed by atoms with E-state index in [0.717, 1.165) is 29.9 Å². The molecule has 0 radical (unpaired) electrons. The van der Waals surface area contributed by atoms with Crippen LogP contribution in [0.25, 0.3) is 0 Å². The van der Waals surface area contributed by atoms with Gasteiger partial charge in [0.2, 0.25) is 5.82 Å². The van der Waals surface area contributed by atoms with E-state index in [-0.39, 0.29) is 11.7 Å². The molecule has 1 fully saturated rings. The molecule has 2 aliphatic carbocycles. The number of carbonyl (C=O) groups excluding carboxylic acids is 2. The maximum Gasteiger partial charge on any atom is 0.291 e. The molecule has 2 aromatic heterocycles. The molecule has 0 spiro atoms. The normalized spacial score (nSPS) is 21.3. The van der Waals surface area contributed by atoms with Gasteiger partial charge in [0.15, 0.2) is 0 Å². The molecule has 1 unspecified atom stereocenters. The summed E-state index contributed by atoms with van der Waals surface area (Å²) in [5, 5.41) is 11.8. The first-order valence-electron chi connectivity index (χ1n) is 11.0. The second-order valence-corrected chi connectivity index (χ2v) is 8.51. The van der Waals surface area contributed by atoms with Crippen molar-refractivity contribution in [3.05, 3.63) is 47.7 Å². The van der Waals surface area contributed by atoms with Crippen molar-refractivity contribution in [3.63, 3.8) is 0 Å². The van der Waals surface area contributed by atoms with E-state index in [9.17, 15) is 9.59 Å². The van der Waals surface area contributed by atoms with Gasteiger partial charge in [-0.2, -0.15) is 5.10 Å². The number of aromatic nitrogens is 5. The minimum atomic E-state index is -0.637. The van der Waals surface area contributed by atoms with Crippen molar-refractivity contribution in [2.45, 2.75) is 63.6 Å². The third-order valence-electron chi connectivity index (χ3n) is 6.36. The van der Waals surface area contributed by atoms with Crippen LogP contribution >= 0.6 is 0 Å². The number of nitrogens with one attached hydrogen (secondary N) is 1. The Bertz CT molecular complexity index is 1060. The van der Waals surface area contributed by atoms with Gasteiger partial charge in [-0.15, -0.1) is 5.10 Å². The molecule has 9 nitrogen and oxygen atoms in total. The minimum absolute atomic E-state index is 0.0742. The van der Waals surface area contributed by atoms with Gasteiger partial charge in [-0.05, 0) is 37.7 Å². The Balaban J connectivity index is 1.24. The van der Waals surface area contributed by atoms with Crippen LogP contribution in [-0.2, 0) is 17.9 Å². The summed E-state index contributed by atoms with van der Waals surface area (Å²) in [5.74, 6) is 0.793. The highest BCUT2D eigenvalue weighted by molar-refractivity contribution is 6.00. The van der Waals surface area contributed by atoms with Crippen LogP contribution in [0.4, 0.5) is 5.82 Å². The molecule has 2 amide bonds. The average Bonchev–Trinajstić information content (AvgIpc) is 3.34. The van der Waals surface area contributed by atoms with Crippen molar-refractivity contribution in [1.82, 2.24) is 29.9 Å². The van der Waals surface area contributed by atoms with Gasteiger partial charge in [0.25, 0.3) is 11.8 Å². The second-order valence-electron chi connectivity index (χ2n) is 8.51. The van der Waals surface area contributed by atoms with Crippen molar-refractivity contribution in [1.29, 1.82) is 0 Å². The predicted molar refractivity (Wildman–Crippen MR) is 115 cm³/mol. The molecular formula is C22H27N7O2. The lowest BCUT2D eigenvalue weighted by molar-refractivity contribution is -0.120. The molecule has 3 heterocycles. The Morgan fingerprint density at radius 2 is 2.10 bits per heavy atom. The molecule has 1 N–H and O–H groups in total. The number of amides is 2. The van der Waals surface area contributed by atoms with Crippen LogP contribution in [0.15, 0.2) is 36.2 Å². The number of anilines is 1. The van der Waals surface area contributed by atoms with Crippen molar-refractivity contribution in [2.24, 2.45) is 0 Å². The fourth-order valence-corrected chi connectivity index (χ4v) is 4.29. The maximum absolute atomic E-state index is 13.0. The first-order valence-corrected chi connectivity index (χ1v) is 11.0. The average molecular weight is 422 g/mol. The van der Waals surface area contributed by atoms with E-state index in [1.54, 1.807) is 23.0 Å². The number of allylic oxidation sites excluding steroid dienone is 4. The van der Waals surface area contributed by atoms with Crippen molar-refractivity contribution >= 4 is 17.6 Å². The highest BCUT2D eigenvalue weighted by atomic mass is 16.2. The lowest BCUT2D eigenvalue weighted by Crippen LogP contribution is -2.47. The van der Waals surface area contributed by atoms with Crippen LogP contribution < -0.4 is 10.2 Å². The predicted octanol–water partition coefficient (Wildman–Crippen LogP) is 2.18. The first kappa shape index (κ1) is 19.7. The molecule has 3 aliphatic rings. The number of aryl methyl sites for hydroxylation is 1. The fourth-order valence-electron chi connectivity index (χ4n) is 4.29. The largest absolute Gasteiger partial charge is 0.337 e. The zero-order chi connectivity index (χ0) is 21.4. The van der Waals surface area contributed by atoms with E-state index in [1.807, 2.05) is 10.7 Å². The highest BCUT2D eigenvalue weighted by Gasteiger charge is 2.33. The van der Waals surface area contributed by atoms with Crippen molar-refractivity contribution in [2.75, 3.05) is 11.9 Å². The molecule has 0 bridgehead atoms. The molecule has 31 heavy (non-hydrogen) atoms. The maximum atomic E-state index is 13.0. The van der Waals surface area contributed by atoms with Crippen LogP contribution in [-0.4, -0.2) is 49.4 Å². The Hall–Kier alpha value is -3.23. The van der Waals surface area contributed by atoms with E-state index in [2.05, 4.69) is 33.6 Å². The summed E-state index contributed by atoms with van der Waals surface area (Å²) in [5.41, 5.74) is 2.22. The van der Waals surface area contributed by atoms with Crippen molar-refractivity contribution in [3.8, 4) is 0 Å². The molecule has 1 saturated carbocycles. The van der Waals surface area contributed by atoms with Crippen LogP contribution in [0.5, 0.6) is 0 Å². The van der Waals surface area contributed by atoms with Gasteiger partial charge in [-0.1, -0.05) is 24.6 Å². The number of fused-ring (bicyclic) bond motifs is 1. The number of rotatable bonds is 5. The quantitative estimate of drug-likeness (QED) is 0.798. The number of nitrogens with zero attached hydrogens (tertiary/aromatic N) is 6. The Morgan fingerprint density at radius 3 is 2.84 bits per heavy atom. The summed E-state index contributed by atoms with van der Waals surface area (Å²) in [6.07, 6.45) is 14.1. The molecule has 2 aromatic rings. The molecule has 1 atom stereocenters. The fraction of sp³-hybridized carbons (Fsp3) is 0.500. The Morgan fingerprint density at radius 1 is 1.23 bits per heavy atom. The van der Waals surface area contributed by atoms with Crippen molar-refractivity contribution < 1.29 is 9.59 Å². The zero-order valence-corrected chi connectivity index (χ0v) is 17.7. The summed E-state index contributed by atoms with van der Waals surface area (Å²) in [7, 11) is 1.74. The minimum Gasteiger partial charge on any atom is -0.337 e. The van der Waals surface area contributed by atoms with E-state index < -0.39 is 11.9 Å². The van der Waals surface area contributed by atoms with Gasteiger partial charge in [0, 0.05) is 25.6 Å². The molecule has 162 valence electrons. The molecule has 0 aromatic carbocycles. The molecule has 9 heteroatoms.